The van der Waals surface area contributed by atoms with Crippen molar-refractivity contribution in [3.8, 4) is 6.07 Å². The quantitative estimate of drug-likeness (QED) is 0.705. The average Bonchev–Trinajstić information content (AvgIpc) is 2.47. The van der Waals surface area contributed by atoms with Gasteiger partial charge in [0.05, 0.1) is 11.6 Å². The zero-order valence-corrected chi connectivity index (χ0v) is 10.9. The number of carbonyl (C=O) groups is 3. The van der Waals surface area contributed by atoms with Gasteiger partial charge in [-0.1, -0.05) is 6.07 Å². The first-order valence-corrected chi connectivity index (χ1v) is 6.08. The Labute approximate surface area is 120 Å². The first kappa shape index (κ1) is 14.3. The molecule has 0 spiro atoms. The second-order valence-corrected chi connectivity index (χ2v) is 4.41. The molecule has 8 heteroatoms. The van der Waals surface area contributed by atoms with Crippen LogP contribution in [0.15, 0.2) is 24.3 Å². The molecule has 2 rings (SSSR count). The van der Waals surface area contributed by atoms with Gasteiger partial charge in [0.2, 0.25) is 5.91 Å². The fourth-order valence-corrected chi connectivity index (χ4v) is 1.94. The topological polar surface area (TPSA) is 123 Å². The van der Waals surface area contributed by atoms with Gasteiger partial charge in [0.25, 0.3) is 0 Å². The average molecular weight is 288 g/mol. The maximum Gasteiger partial charge on any atom is 0.328 e. The van der Waals surface area contributed by atoms with Crippen LogP contribution in [0.4, 0.5) is 10.5 Å². The van der Waals surface area contributed by atoms with E-state index >= 15 is 0 Å². The first-order valence-electron chi connectivity index (χ1n) is 6.08. The van der Waals surface area contributed by atoms with Gasteiger partial charge in [0.15, 0.2) is 0 Å². The third kappa shape index (κ3) is 3.27. The van der Waals surface area contributed by atoms with E-state index in [-0.39, 0.29) is 13.1 Å². The normalized spacial score (nSPS) is 17.6. The summed E-state index contributed by atoms with van der Waals surface area (Å²) in [4.78, 5) is 35.5. The van der Waals surface area contributed by atoms with Crippen molar-refractivity contribution in [1.29, 1.82) is 5.26 Å². The molecule has 21 heavy (non-hydrogen) atoms. The van der Waals surface area contributed by atoms with Crippen LogP contribution in [0.25, 0.3) is 0 Å². The number of carboxylic acids is 1. The van der Waals surface area contributed by atoms with E-state index in [9.17, 15) is 14.4 Å². The molecule has 0 saturated carbocycles. The van der Waals surface area contributed by atoms with Crippen molar-refractivity contribution in [2.75, 3.05) is 18.4 Å². The summed E-state index contributed by atoms with van der Waals surface area (Å²) >= 11 is 0. The van der Waals surface area contributed by atoms with Crippen LogP contribution in [-0.4, -0.2) is 47.0 Å². The smallest absolute Gasteiger partial charge is 0.328 e. The summed E-state index contributed by atoms with van der Waals surface area (Å²) in [6, 6.07) is 6.29. The van der Waals surface area contributed by atoms with Crippen LogP contribution in [0.3, 0.4) is 0 Å². The van der Waals surface area contributed by atoms with Crippen molar-refractivity contribution < 1.29 is 19.5 Å². The minimum Gasteiger partial charge on any atom is -0.480 e. The zero-order valence-electron chi connectivity index (χ0n) is 10.9. The van der Waals surface area contributed by atoms with Gasteiger partial charge in [-0.3, -0.25) is 9.69 Å². The first-order chi connectivity index (χ1) is 10.0. The molecule has 1 unspecified atom stereocenters. The van der Waals surface area contributed by atoms with Crippen molar-refractivity contribution in [3.63, 3.8) is 0 Å². The van der Waals surface area contributed by atoms with Crippen molar-refractivity contribution in [3.05, 3.63) is 29.8 Å². The minimum absolute atomic E-state index is 0.139. The Morgan fingerprint density at radius 3 is 2.90 bits per heavy atom. The number of piperazine rings is 1. The molecular formula is C13H12N4O4. The minimum atomic E-state index is -1.20. The summed E-state index contributed by atoms with van der Waals surface area (Å²) in [5.74, 6) is -1.62. The molecule has 0 aliphatic carbocycles. The van der Waals surface area contributed by atoms with Crippen LogP contribution in [-0.2, 0) is 9.59 Å². The molecule has 8 nitrogen and oxygen atoms in total. The fourth-order valence-electron chi connectivity index (χ4n) is 1.94. The Morgan fingerprint density at radius 2 is 2.24 bits per heavy atom. The Bertz CT molecular complexity index is 637. The van der Waals surface area contributed by atoms with E-state index in [2.05, 4.69) is 10.6 Å². The molecule has 1 aliphatic rings. The number of aliphatic carboxylic acids is 1. The molecule has 1 aromatic rings. The zero-order chi connectivity index (χ0) is 15.4. The summed E-state index contributed by atoms with van der Waals surface area (Å²) in [5, 5.41) is 22.7. The summed E-state index contributed by atoms with van der Waals surface area (Å²) in [6.07, 6.45) is 0. The summed E-state index contributed by atoms with van der Waals surface area (Å²) in [6.45, 7) is -0.472. The summed E-state index contributed by atoms with van der Waals surface area (Å²) in [7, 11) is 0. The number of hydrogen-bond donors (Lipinski definition) is 3. The van der Waals surface area contributed by atoms with E-state index in [0.29, 0.717) is 11.3 Å². The molecular weight excluding hydrogens is 276 g/mol. The van der Waals surface area contributed by atoms with Gasteiger partial charge in [-0.05, 0) is 18.2 Å². The molecule has 0 aromatic heterocycles. The molecule has 1 atom stereocenters. The van der Waals surface area contributed by atoms with Gasteiger partial charge < -0.3 is 15.7 Å². The third-order valence-electron chi connectivity index (χ3n) is 2.97. The Balaban J connectivity index is 2.15. The highest BCUT2D eigenvalue weighted by Crippen LogP contribution is 2.13. The van der Waals surface area contributed by atoms with E-state index < -0.39 is 23.9 Å². The molecule has 1 heterocycles. The number of hydrogen-bond acceptors (Lipinski definition) is 4. The lowest BCUT2D eigenvalue weighted by Crippen LogP contribution is -2.60. The van der Waals surface area contributed by atoms with E-state index in [1.807, 2.05) is 6.07 Å². The van der Waals surface area contributed by atoms with Crippen LogP contribution in [0.1, 0.15) is 5.56 Å². The Hall–Kier alpha value is -3.08. The van der Waals surface area contributed by atoms with Crippen LogP contribution < -0.4 is 10.6 Å². The summed E-state index contributed by atoms with van der Waals surface area (Å²) < 4.78 is 0. The molecule has 108 valence electrons. The molecule has 1 saturated heterocycles. The number of carboxylic acid groups (broad SMARTS) is 1. The largest absolute Gasteiger partial charge is 0.480 e. The molecule has 1 aliphatic heterocycles. The van der Waals surface area contributed by atoms with Crippen molar-refractivity contribution in [2.24, 2.45) is 0 Å². The number of nitrogens with one attached hydrogen (secondary N) is 2. The van der Waals surface area contributed by atoms with Crippen LogP contribution in [0, 0.1) is 11.3 Å². The molecule has 3 N–H and O–H groups in total. The van der Waals surface area contributed by atoms with Crippen LogP contribution >= 0.6 is 0 Å². The number of urea groups is 1. The van der Waals surface area contributed by atoms with Gasteiger partial charge >= 0.3 is 12.0 Å². The van der Waals surface area contributed by atoms with E-state index in [4.69, 9.17) is 10.4 Å². The molecule has 3 amide bonds. The van der Waals surface area contributed by atoms with Crippen molar-refractivity contribution >= 4 is 23.6 Å². The predicted octanol–water partition coefficient (Wildman–Crippen LogP) is -0.0248. The Morgan fingerprint density at radius 1 is 1.48 bits per heavy atom. The monoisotopic (exact) mass is 288 g/mol. The number of benzene rings is 1. The highest BCUT2D eigenvalue weighted by Gasteiger charge is 2.35. The lowest BCUT2D eigenvalue weighted by atomic mass is 10.2. The van der Waals surface area contributed by atoms with Crippen molar-refractivity contribution in [2.45, 2.75) is 6.04 Å². The fraction of sp³-hybridized carbons (Fsp3) is 0.231. The van der Waals surface area contributed by atoms with Crippen molar-refractivity contribution in [1.82, 2.24) is 10.2 Å². The highest BCUT2D eigenvalue weighted by molar-refractivity contribution is 5.96. The number of anilines is 1. The van der Waals surface area contributed by atoms with E-state index in [1.165, 1.54) is 6.07 Å². The maximum atomic E-state index is 12.1. The lowest BCUT2D eigenvalue weighted by Gasteiger charge is -2.32. The second kappa shape index (κ2) is 5.92. The van der Waals surface area contributed by atoms with Crippen LogP contribution in [0.2, 0.25) is 0 Å². The number of amides is 3. The third-order valence-corrected chi connectivity index (χ3v) is 2.97. The number of nitrogens with zero attached hydrogens (tertiary/aromatic N) is 2. The van der Waals surface area contributed by atoms with Gasteiger partial charge in [-0.25, -0.2) is 9.59 Å². The van der Waals surface area contributed by atoms with Gasteiger partial charge in [0, 0.05) is 12.2 Å². The van der Waals surface area contributed by atoms with Gasteiger partial charge in [0.1, 0.15) is 12.6 Å². The number of carbonyl (C=O) groups excluding carboxylic acids is 2. The summed E-state index contributed by atoms with van der Waals surface area (Å²) in [5.41, 5.74) is 0.716. The SMILES string of the molecule is N#Cc1cccc(NC(=O)N2CC(=O)NCC2C(=O)O)c1. The highest BCUT2D eigenvalue weighted by atomic mass is 16.4. The van der Waals surface area contributed by atoms with Gasteiger partial charge in [-0.2, -0.15) is 5.26 Å². The predicted molar refractivity (Wildman–Crippen MR) is 71.3 cm³/mol. The molecule has 1 aromatic carbocycles. The van der Waals surface area contributed by atoms with Crippen LogP contribution in [0.5, 0.6) is 0 Å². The molecule has 0 radical (unpaired) electrons. The second-order valence-electron chi connectivity index (χ2n) is 4.41. The number of nitriles is 1. The Kier molecular flexibility index (Phi) is 4.04. The van der Waals surface area contributed by atoms with E-state index in [1.54, 1.807) is 18.2 Å². The standard InChI is InChI=1S/C13H12N4O4/c14-5-8-2-1-3-9(4-8)16-13(21)17-7-11(18)15-6-10(17)12(19)20/h1-4,10H,6-7H2,(H,15,18)(H,16,21)(H,19,20). The number of rotatable bonds is 2. The maximum absolute atomic E-state index is 12.1. The molecule has 1 fully saturated rings. The molecule has 0 bridgehead atoms. The lowest BCUT2D eigenvalue weighted by molar-refractivity contribution is -0.144. The van der Waals surface area contributed by atoms with Gasteiger partial charge in [-0.15, -0.1) is 0 Å². The van der Waals surface area contributed by atoms with E-state index in [0.717, 1.165) is 4.90 Å².